The van der Waals surface area contributed by atoms with Gasteiger partial charge in [-0.25, -0.2) is 0 Å². The van der Waals surface area contributed by atoms with E-state index in [1.807, 2.05) is 0 Å². The van der Waals surface area contributed by atoms with E-state index in [1.165, 1.54) is 6.07 Å². The van der Waals surface area contributed by atoms with Crippen molar-refractivity contribution in [1.29, 1.82) is 0 Å². The van der Waals surface area contributed by atoms with Gasteiger partial charge in [0, 0.05) is 5.69 Å². The molecule has 0 aliphatic rings. The second-order valence-corrected chi connectivity index (χ2v) is 3.52. The third-order valence-electron chi connectivity index (χ3n) is 2.44. The van der Waals surface area contributed by atoms with Crippen molar-refractivity contribution in [1.82, 2.24) is 4.98 Å². The summed E-state index contributed by atoms with van der Waals surface area (Å²) in [5.41, 5.74) is 6.21. The van der Waals surface area contributed by atoms with E-state index < -0.39 is 11.7 Å². The van der Waals surface area contributed by atoms with Crippen molar-refractivity contribution in [2.75, 3.05) is 0 Å². The van der Waals surface area contributed by atoms with Gasteiger partial charge in [-0.05, 0) is 19.1 Å². The molecule has 0 saturated heterocycles. The Kier molecular flexibility index (Phi) is 2.16. The Morgan fingerprint density at radius 3 is 2.69 bits per heavy atom. The van der Waals surface area contributed by atoms with Crippen LogP contribution in [0, 0.1) is 6.92 Å². The molecule has 0 bridgehead atoms. The first kappa shape index (κ1) is 10.2. The topological polar surface area (TPSA) is 96.2 Å². The quantitative estimate of drug-likeness (QED) is 0.515. The highest BCUT2D eigenvalue weighted by Gasteiger charge is 2.22. The first-order valence-corrected chi connectivity index (χ1v) is 4.66. The third-order valence-corrected chi connectivity index (χ3v) is 2.44. The molecule has 0 atom stereocenters. The maximum atomic E-state index is 11.6. The molecule has 82 valence electrons. The van der Waals surface area contributed by atoms with E-state index in [-0.39, 0.29) is 11.3 Å². The number of primary amides is 1. The number of carbonyl (C=O) groups is 2. The fourth-order valence-corrected chi connectivity index (χ4v) is 1.77. The zero-order chi connectivity index (χ0) is 11.9. The summed E-state index contributed by atoms with van der Waals surface area (Å²) in [7, 11) is 0. The number of hydrogen-bond donors (Lipinski definition) is 3. The van der Waals surface area contributed by atoms with Crippen LogP contribution in [0.5, 0.6) is 5.75 Å². The minimum Gasteiger partial charge on any atom is -0.507 e. The first-order chi connectivity index (χ1) is 7.52. The van der Waals surface area contributed by atoms with Gasteiger partial charge >= 0.3 is 0 Å². The maximum Gasteiger partial charge on any atom is 0.289 e. The van der Waals surface area contributed by atoms with E-state index in [2.05, 4.69) is 4.98 Å². The van der Waals surface area contributed by atoms with Gasteiger partial charge in [0.05, 0.1) is 16.5 Å². The second kappa shape index (κ2) is 3.37. The minimum atomic E-state index is -1.03. The van der Waals surface area contributed by atoms with Crippen molar-refractivity contribution >= 4 is 22.6 Å². The van der Waals surface area contributed by atoms with Gasteiger partial charge in [0.25, 0.3) is 11.7 Å². The number of aromatic hydroxyl groups is 1. The van der Waals surface area contributed by atoms with E-state index in [9.17, 15) is 14.7 Å². The SMILES string of the molecule is Cc1[nH]c2cccc(O)c2c1C(=O)C(N)=O. The lowest BCUT2D eigenvalue weighted by Gasteiger charge is -1.98. The number of ketones is 1. The highest BCUT2D eigenvalue weighted by molar-refractivity contribution is 6.45. The van der Waals surface area contributed by atoms with Crippen LogP contribution in [0.3, 0.4) is 0 Å². The molecule has 1 heterocycles. The van der Waals surface area contributed by atoms with Crippen molar-refractivity contribution in [3.63, 3.8) is 0 Å². The van der Waals surface area contributed by atoms with Gasteiger partial charge in [0.2, 0.25) is 0 Å². The van der Waals surface area contributed by atoms with Gasteiger partial charge in [0.15, 0.2) is 0 Å². The Morgan fingerprint density at radius 1 is 1.38 bits per heavy atom. The lowest BCUT2D eigenvalue weighted by molar-refractivity contribution is -0.114. The average Bonchev–Trinajstić information content (AvgIpc) is 2.54. The van der Waals surface area contributed by atoms with Gasteiger partial charge in [-0.2, -0.15) is 0 Å². The zero-order valence-electron chi connectivity index (χ0n) is 8.57. The van der Waals surface area contributed by atoms with Gasteiger partial charge in [0.1, 0.15) is 5.75 Å². The molecule has 0 fully saturated rings. The molecule has 1 aromatic carbocycles. The smallest absolute Gasteiger partial charge is 0.289 e. The standard InChI is InChI=1S/C11H10N2O3/c1-5-8(10(15)11(12)16)9-6(13-5)3-2-4-7(9)14/h2-4,13-14H,1H3,(H2,12,16). The van der Waals surface area contributed by atoms with E-state index >= 15 is 0 Å². The number of benzene rings is 1. The number of nitrogens with one attached hydrogen (secondary N) is 1. The molecule has 2 aromatic rings. The van der Waals surface area contributed by atoms with Crippen LogP contribution >= 0.6 is 0 Å². The molecule has 1 aromatic heterocycles. The molecule has 0 radical (unpaired) electrons. The number of phenolic OH excluding ortho intramolecular Hbond substituents is 1. The van der Waals surface area contributed by atoms with Crippen molar-refractivity contribution in [2.45, 2.75) is 6.92 Å². The molecule has 0 spiro atoms. The minimum absolute atomic E-state index is 0.0496. The summed E-state index contributed by atoms with van der Waals surface area (Å²) >= 11 is 0. The molecule has 5 heteroatoms. The van der Waals surface area contributed by atoms with Gasteiger partial charge in [-0.3, -0.25) is 9.59 Å². The summed E-state index contributed by atoms with van der Waals surface area (Å²) in [6.45, 7) is 1.65. The number of hydrogen-bond acceptors (Lipinski definition) is 3. The number of rotatable bonds is 2. The van der Waals surface area contributed by atoms with Gasteiger partial charge in [-0.1, -0.05) is 6.07 Å². The summed E-state index contributed by atoms with van der Waals surface area (Å²) in [4.78, 5) is 25.4. The Hall–Kier alpha value is -2.30. The molecule has 5 nitrogen and oxygen atoms in total. The van der Waals surface area contributed by atoms with Crippen molar-refractivity contribution in [3.8, 4) is 5.75 Å². The fourth-order valence-electron chi connectivity index (χ4n) is 1.77. The molecule has 1 amide bonds. The number of amides is 1. The summed E-state index contributed by atoms with van der Waals surface area (Å²) in [6.07, 6.45) is 0. The summed E-state index contributed by atoms with van der Waals surface area (Å²) in [6, 6.07) is 4.80. The van der Waals surface area contributed by atoms with E-state index in [4.69, 9.17) is 5.73 Å². The number of aromatic amines is 1. The Morgan fingerprint density at radius 2 is 2.06 bits per heavy atom. The highest BCUT2D eigenvalue weighted by atomic mass is 16.3. The zero-order valence-corrected chi connectivity index (χ0v) is 8.57. The Balaban J connectivity index is 2.83. The van der Waals surface area contributed by atoms with E-state index in [0.717, 1.165) is 0 Å². The number of H-pyrrole nitrogens is 1. The highest BCUT2D eigenvalue weighted by Crippen LogP contribution is 2.30. The van der Waals surface area contributed by atoms with E-state index in [0.29, 0.717) is 16.6 Å². The van der Waals surface area contributed by atoms with Crippen LogP contribution < -0.4 is 5.73 Å². The average molecular weight is 218 g/mol. The molecule has 0 aliphatic carbocycles. The number of aromatic nitrogens is 1. The molecule has 0 unspecified atom stereocenters. The number of Topliss-reactive ketones (excluding diaryl/α,β-unsaturated/α-hetero) is 1. The molecule has 16 heavy (non-hydrogen) atoms. The molecule has 0 saturated carbocycles. The van der Waals surface area contributed by atoms with Crippen molar-refractivity contribution in [3.05, 3.63) is 29.5 Å². The number of phenols is 1. The largest absolute Gasteiger partial charge is 0.507 e. The fraction of sp³-hybridized carbons (Fsp3) is 0.0909. The molecular formula is C11H10N2O3. The predicted molar refractivity (Wildman–Crippen MR) is 58.2 cm³/mol. The molecular weight excluding hydrogens is 208 g/mol. The Bertz CT molecular complexity index is 599. The van der Waals surface area contributed by atoms with Gasteiger partial charge in [-0.15, -0.1) is 0 Å². The predicted octanol–water partition coefficient (Wildman–Crippen LogP) is 0.850. The molecule has 0 aliphatic heterocycles. The van der Waals surface area contributed by atoms with Crippen LogP contribution in [-0.4, -0.2) is 21.8 Å². The summed E-state index contributed by atoms with van der Waals surface area (Å²) < 4.78 is 0. The van der Waals surface area contributed by atoms with Crippen LogP contribution in [0.4, 0.5) is 0 Å². The summed E-state index contributed by atoms with van der Waals surface area (Å²) in [5, 5.41) is 10.0. The number of aryl methyl sites for hydroxylation is 1. The van der Waals surface area contributed by atoms with Crippen molar-refractivity contribution in [2.24, 2.45) is 5.73 Å². The van der Waals surface area contributed by atoms with Crippen LogP contribution in [-0.2, 0) is 4.79 Å². The molecule has 2 rings (SSSR count). The number of fused-ring (bicyclic) bond motifs is 1. The summed E-state index contributed by atoms with van der Waals surface area (Å²) in [5.74, 6) is -1.89. The monoisotopic (exact) mass is 218 g/mol. The lowest BCUT2D eigenvalue weighted by atomic mass is 10.1. The first-order valence-electron chi connectivity index (χ1n) is 4.66. The number of carbonyl (C=O) groups excluding carboxylic acids is 2. The van der Waals surface area contributed by atoms with Gasteiger partial charge < -0.3 is 15.8 Å². The number of nitrogens with two attached hydrogens (primary N) is 1. The van der Waals surface area contributed by atoms with Crippen LogP contribution in [0.25, 0.3) is 10.9 Å². The van der Waals surface area contributed by atoms with Crippen LogP contribution in [0.2, 0.25) is 0 Å². The Labute approximate surface area is 90.9 Å². The lowest BCUT2D eigenvalue weighted by Crippen LogP contribution is -2.23. The van der Waals surface area contributed by atoms with Crippen molar-refractivity contribution < 1.29 is 14.7 Å². The van der Waals surface area contributed by atoms with E-state index in [1.54, 1.807) is 19.1 Å². The maximum absolute atomic E-state index is 11.6. The van der Waals surface area contributed by atoms with Crippen LogP contribution in [0.1, 0.15) is 16.1 Å². The normalized spacial score (nSPS) is 10.6. The van der Waals surface area contributed by atoms with Crippen LogP contribution in [0.15, 0.2) is 18.2 Å². The third kappa shape index (κ3) is 1.33. The second-order valence-electron chi connectivity index (χ2n) is 3.52. The molecule has 4 N–H and O–H groups in total.